The van der Waals surface area contributed by atoms with Gasteiger partial charge in [0.1, 0.15) is 10.7 Å². The zero-order valence-corrected chi connectivity index (χ0v) is 14.7. The molecule has 2 aliphatic heterocycles. The average Bonchev–Trinajstić information content (AvgIpc) is 3.09. The number of rotatable bonds is 3. The Morgan fingerprint density at radius 2 is 1.96 bits per heavy atom. The Hall–Kier alpha value is -2.52. The van der Waals surface area contributed by atoms with Crippen LogP contribution in [0.5, 0.6) is 0 Å². The molecule has 4 rings (SSSR count). The molecule has 1 spiro atoms. The maximum atomic E-state index is 11.3. The summed E-state index contributed by atoms with van der Waals surface area (Å²) >= 11 is 1.33. The highest BCUT2D eigenvalue weighted by atomic mass is 32.1. The van der Waals surface area contributed by atoms with Crippen molar-refractivity contribution in [2.45, 2.75) is 24.9 Å². The van der Waals surface area contributed by atoms with Crippen LogP contribution in [0.1, 0.15) is 43.4 Å². The minimum atomic E-state index is -1.10. The maximum absolute atomic E-state index is 11.3. The number of fused-ring (bicyclic) bond motifs is 2. The normalized spacial score (nSPS) is 18.5. The number of carboxylic acid groups (broad SMARTS) is 2. The van der Waals surface area contributed by atoms with E-state index < -0.39 is 17.5 Å². The molecule has 8 nitrogen and oxygen atoms in total. The lowest BCUT2D eigenvalue weighted by Crippen LogP contribution is -2.46. The number of aromatic carboxylic acids is 2. The number of piperidine rings is 1. The van der Waals surface area contributed by atoms with Gasteiger partial charge in [-0.15, -0.1) is 11.3 Å². The zero-order valence-electron chi connectivity index (χ0n) is 13.8. The third-order valence-corrected chi connectivity index (χ3v) is 6.14. The number of carbonyl (C=O) groups is 2. The first-order valence-electron chi connectivity index (χ1n) is 8.29. The summed E-state index contributed by atoms with van der Waals surface area (Å²) in [5.74, 6) is -1.47. The molecule has 2 aliphatic rings. The van der Waals surface area contributed by atoms with Crippen LogP contribution in [0.15, 0.2) is 18.5 Å². The van der Waals surface area contributed by atoms with E-state index in [4.69, 9.17) is 9.84 Å². The van der Waals surface area contributed by atoms with Crippen LogP contribution in [0.2, 0.25) is 0 Å². The molecule has 26 heavy (non-hydrogen) atoms. The molecule has 136 valence electrons. The van der Waals surface area contributed by atoms with Crippen molar-refractivity contribution in [3.05, 3.63) is 39.5 Å². The van der Waals surface area contributed by atoms with Crippen molar-refractivity contribution in [2.24, 2.45) is 0 Å². The van der Waals surface area contributed by atoms with Crippen LogP contribution >= 0.6 is 11.3 Å². The van der Waals surface area contributed by atoms with Crippen LogP contribution in [0.3, 0.4) is 0 Å². The second-order valence-corrected chi connectivity index (χ2v) is 7.54. The number of aromatic nitrogens is 2. The molecule has 0 aliphatic carbocycles. The van der Waals surface area contributed by atoms with E-state index in [1.54, 1.807) is 12.3 Å². The molecule has 2 N–H and O–H groups in total. The summed E-state index contributed by atoms with van der Waals surface area (Å²) in [5, 5.41) is 18.4. The number of carboxylic acids is 2. The molecule has 0 saturated carbocycles. The monoisotopic (exact) mass is 375 g/mol. The van der Waals surface area contributed by atoms with Gasteiger partial charge in [-0.3, -0.25) is 4.98 Å². The van der Waals surface area contributed by atoms with Gasteiger partial charge in [0.2, 0.25) is 0 Å². The maximum Gasteiger partial charge on any atom is 0.356 e. The average molecular weight is 375 g/mol. The largest absolute Gasteiger partial charge is 0.477 e. The Morgan fingerprint density at radius 3 is 2.65 bits per heavy atom. The predicted octanol–water partition coefficient (Wildman–Crippen LogP) is 2.00. The first-order valence-corrected chi connectivity index (χ1v) is 9.11. The second-order valence-electron chi connectivity index (χ2n) is 6.40. The van der Waals surface area contributed by atoms with Gasteiger partial charge in [0.05, 0.1) is 24.6 Å². The van der Waals surface area contributed by atoms with Crippen molar-refractivity contribution in [3.8, 4) is 0 Å². The highest BCUT2D eigenvalue weighted by molar-refractivity contribution is 7.14. The first kappa shape index (κ1) is 16.9. The van der Waals surface area contributed by atoms with E-state index in [0.29, 0.717) is 43.2 Å². The fourth-order valence-electron chi connectivity index (χ4n) is 3.64. The van der Waals surface area contributed by atoms with E-state index in [-0.39, 0.29) is 5.69 Å². The molecule has 1 saturated heterocycles. The van der Waals surface area contributed by atoms with Gasteiger partial charge in [-0.25, -0.2) is 14.6 Å². The number of ether oxygens (including phenoxy) is 1. The lowest BCUT2D eigenvalue weighted by atomic mass is 9.82. The van der Waals surface area contributed by atoms with Crippen molar-refractivity contribution in [2.75, 3.05) is 24.6 Å². The van der Waals surface area contributed by atoms with Crippen LogP contribution < -0.4 is 4.90 Å². The lowest BCUT2D eigenvalue weighted by Gasteiger charge is -2.44. The summed E-state index contributed by atoms with van der Waals surface area (Å²) in [6.45, 7) is 1.85. The SMILES string of the molecule is O=C(O)c1cncc(N2CCC3(CC2)OCCc2sc(C(=O)O)cc23)n1. The zero-order chi connectivity index (χ0) is 18.3. The summed E-state index contributed by atoms with van der Waals surface area (Å²) in [6, 6.07) is 1.75. The van der Waals surface area contributed by atoms with Crippen LogP contribution in [-0.2, 0) is 16.8 Å². The Labute approximate surface area is 153 Å². The molecule has 1 fully saturated rings. The summed E-state index contributed by atoms with van der Waals surface area (Å²) in [5.41, 5.74) is 0.450. The summed E-state index contributed by atoms with van der Waals surface area (Å²) in [6.07, 6.45) is 4.91. The second kappa shape index (κ2) is 6.33. The van der Waals surface area contributed by atoms with Gasteiger partial charge in [0, 0.05) is 24.4 Å². The van der Waals surface area contributed by atoms with Crippen molar-refractivity contribution in [3.63, 3.8) is 0 Å². The van der Waals surface area contributed by atoms with Gasteiger partial charge in [-0.1, -0.05) is 0 Å². The Morgan fingerprint density at radius 1 is 1.19 bits per heavy atom. The molecule has 0 aromatic carbocycles. The van der Waals surface area contributed by atoms with Crippen molar-refractivity contribution in [1.82, 2.24) is 9.97 Å². The fourth-order valence-corrected chi connectivity index (χ4v) is 4.71. The fraction of sp³-hybridized carbons (Fsp3) is 0.412. The Balaban J connectivity index is 1.56. The Kier molecular flexibility index (Phi) is 4.12. The molecule has 2 aromatic rings. The van der Waals surface area contributed by atoms with E-state index in [2.05, 4.69) is 9.97 Å². The van der Waals surface area contributed by atoms with Gasteiger partial charge >= 0.3 is 11.9 Å². The van der Waals surface area contributed by atoms with E-state index >= 15 is 0 Å². The van der Waals surface area contributed by atoms with E-state index in [0.717, 1.165) is 16.9 Å². The molecule has 0 amide bonds. The van der Waals surface area contributed by atoms with Crippen LogP contribution in [0.25, 0.3) is 0 Å². The van der Waals surface area contributed by atoms with Crippen LogP contribution in [0.4, 0.5) is 5.82 Å². The van der Waals surface area contributed by atoms with Crippen LogP contribution in [0, 0.1) is 0 Å². The van der Waals surface area contributed by atoms with E-state index in [9.17, 15) is 14.7 Å². The molecule has 4 heterocycles. The molecular weight excluding hydrogens is 358 g/mol. The third-order valence-electron chi connectivity index (χ3n) is 4.95. The number of nitrogens with zero attached hydrogens (tertiary/aromatic N) is 3. The highest BCUT2D eigenvalue weighted by Crippen LogP contribution is 2.45. The molecule has 0 atom stereocenters. The topological polar surface area (TPSA) is 113 Å². The van der Waals surface area contributed by atoms with Gasteiger partial charge in [-0.05, 0) is 24.5 Å². The van der Waals surface area contributed by atoms with Gasteiger partial charge in [0.15, 0.2) is 5.69 Å². The summed E-state index contributed by atoms with van der Waals surface area (Å²) in [4.78, 5) is 33.9. The standard InChI is InChI=1S/C17H17N3O5S/c21-15(22)11-8-18-9-14(19-11)20-4-2-17(3-5-20)10-7-13(16(23)24)26-12(10)1-6-25-17/h7-9H,1-6H2,(H,21,22)(H,23,24). The first-order chi connectivity index (χ1) is 12.5. The van der Waals surface area contributed by atoms with Gasteiger partial charge in [-0.2, -0.15) is 0 Å². The third kappa shape index (κ3) is 2.82. The van der Waals surface area contributed by atoms with Crippen molar-refractivity contribution < 1.29 is 24.5 Å². The molecule has 0 radical (unpaired) electrons. The quantitative estimate of drug-likeness (QED) is 0.838. The van der Waals surface area contributed by atoms with Crippen molar-refractivity contribution in [1.29, 1.82) is 0 Å². The minimum Gasteiger partial charge on any atom is -0.477 e. The van der Waals surface area contributed by atoms with Crippen molar-refractivity contribution >= 4 is 29.1 Å². The summed E-state index contributed by atoms with van der Waals surface area (Å²) < 4.78 is 6.13. The highest BCUT2D eigenvalue weighted by Gasteiger charge is 2.42. The number of hydrogen-bond acceptors (Lipinski definition) is 7. The molecular formula is C17H17N3O5S. The molecule has 9 heteroatoms. The summed E-state index contributed by atoms with van der Waals surface area (Å²) in [7, 11) is 0. The lowest BCUT2D eigenvalue weighted by molar-refractivity contribution is -0.0757. The number of hydrogen-bond donors (Lipinski definition) is 2. The van der Waals surface area contributed by atoms with Gasteiger partial charge < -0.3 is 19.8 Å². The minimum absolute atomic E-state index is 0.0806. The number of thiophene rings is 1. The number of anilines is 1. The smallest absolute Gasteiger partial charge is 0.356 e. The Bertz CT molecular complexity index is 873. The predicted molar refractivity (Wildman–Crippen MR) is 93.1 cm³/mol. The van der Waals surface area contributed by atoms with E-state index in [1.165, 1.54) is 17.5 Å². The molecule has 0 unspecified atom stereocenters. The van der Waals surface area contributed by atoms with E-state index in [1.807, 2.05) is 4.90 Å². The molecule has 2 aromatic heterocycles. The van der Waals surface area contributed by atoms with Crippen LogP contribution in [-0.4, -0.2) is 51.8 Å². The molecule has 0 bridgehead atoms. The van der Waals surface area contributed by atoms with Gasteiger partial charge in [0.25, 0.3) is 0 Å².